The summed E-state index contributed by atoms with van der Waals surface area (Å²) in [4.78, 5) is 9.33. The molecule has 0 fully saturated rings. The van der Waals surface area contributed by atoms with E-state index in [0.29, 0.717) is 0 Å². The van der Waals surface area contributed by atoms with Crippen LogP contribution in [0.2, 0.25) is 0 Å². The quantitative estimate of drug-likeness (QED) is 0.770. The molecule has 0 bridgehead atoms. The second kappa shape index (κ2) is 6.96. The van der Waals surface area contributed by atoms with Gasteiger partial charge in [0.25, 0.3) is 0 Å². The number of aryl methyl sites for hydroxylation is 2. The van der Waals surface area contributed by atoms with Crippen LogP contribution in [0.5, 0.6) is 0 Å². The van der Waals surface area contributed by atoms with Gasteiger partial charge in [0.05, 0.1) is 0 Å². The van der Waals surface area contributed by atoms with Gasteiger partial charge in [-0.3, -0.25) is 0 Å². The summed E-state index contributed by atoms with van der Waals surface area (Å²) in [5, 5.41) is 3.34. The third-order valence-corrected chi connectivity index (χ3v) is 3.82. The summed E-state index contributed by atoms with van der Waals surface area (Å²) in [5.41, 5.74) is 2.99. The van der Waals surface area contributed by atoms with Crippen LogP contribution in [0.4, 0.5) is 0 Å². The van der Waals surface area contributed by atoms with Crippen molar-refractivity contribution in [1.29, 1.82) is 0 Å². The second-order valence-corrected chi connectivity index (χ2v) is 5.09. The first-order chi connectivity index (χ1) is 8.98. The standard InChI is InChI=1S/C15H27N3O/c1-7-15(5,19-6)14-17-11(3)13(12(4)18-14)9-10-16-8-2/h16H,7-10H2,1-6H3. The number of likely N-dealkylation sites (N-methyl/N-ethyl adjacent to an activating group) is 1. The molecule has 1 unspecified atom stereocenters. The molecule has 1 atom stereocenters. The minimum absolute atomic E-state index is 0.393. The molecule has 1 aromatic heterocycles. The molecule has 0 aliphatic rings. The highest BCUT2D eigenvalue weighted by Gasteiger charge is 2.28. The molecule has 0 saturated heterocycles. The molecular formula is C15H27N3O. The molecule has 4 heteroatoms. The van der Waals surface area contributed by atoms with Gasteiger partial charge in [-0.2, -0.15) is 0 Å². The molecule has 0 spiro atoms. The van der Waals surface area contributed by atoms with Crippen molar-refractivity contribution >= 4 is 0 Å². The highest BCUT2D eigenvalue weighted by atomic mass is 16.5. The largest absolute Gasteiger partial charge is 0.371 e. The Morgan fingerprint density at radius 1 is 1.16 bits per heavy atom. The third kappa shape index (κ3) is 3.74. The Balaban J connectivity index is 3.02. The van der Waals surface area contributed by atoms with Crippen molar-refractivity contribution < 1.29 is 4.74 Å². The van der Waals surface area contributed by atoms with Crippen LogP contribution in [-0.4, -0.2) is 30.2 Å². The first-order valence-corrected chi connectivity index (χ1v) is 7.09. The zero-order valence-corrected chi connectivity index (χ0v) is 13.1. The van der Waals surface area contributed by atoms with E-state index >= 15 is 0 Å². The smallest absolute Gasteiger partial charge is 0.160 e. The lowest BCUT2D eigenvalue weighted by atomic mass is 10.0. The van der Waals surface area contributed by atoms with Crippen molar-refractivity contribution in [3.8, 4) is 0 Å². The molecule has 0 aromatic carbocycles. The summed E-state index contributed by atoms with van der Waals surface area (Å²) >= 11 is 0. The minimum atomic E-state index is -0.393. The summed E-state index contributed by atoms with van der Waals surface area (Å²) in [5.74, 6) is 0.791. The maximum absolute atomic E-state index is 5.58. The van der Waals surface area contributed by atoms with E-state index in [9.17, 15) is 0 Å². The Morgan fingerprint density at radius 2 is 1.74 bits per heavy atom. The zero-order valence-electron chi connectivity index (χ0n) is 13.1. The topological polar surface area (TPSA) is 47.0 Å². The van der Waals surface area contributed by atoms with Crippen LogP contribution in [0.15, 0.2) is 0 Å². The summed E-state index contributed by atoms with van der Waals surface area (Å²) < 4.78 is 5.58. The number of hydrogen-bond donors (Lipinski definition) is 1. The van der Waals surface area contributed by atoms with Crippen molar-refractivity contribution in [2.45, 2.75) is 53.1 Å². The summed E-state index contributed by atoms with van der Waals surface area (Å²) in [7, 11) is 1.72. The second-order valence-electron chi connectivity index (χ2n) is 5.09. The molecule has 1 rings (SSSR count). The Morgan fingerprint density at radius 3 is 2.16 bits per heavy atom. The number of ether oxygens (including phenoxy) is 1. The number of nitrogens with zero attached hydrogens (tertiary/aromatic N) is 2. The first kappa shape index (κ1) is 16.1. The molecule has 108 valence electrons. The van der Waals surface area contributed by atoms with Gasteiger partial charge in [-0.05, 0) is 52.3 Å². The summed E-state index contributed by atoms with van der Waals surface area (Å²) in [6.45, 7) is 12.3. The van der Waals surface area contributed by atoms with Gasteiger partial charge in [-0.1, -0.05) is 13.8 Å². The van der Waals surface area contributed by atoms with Crippen molar-refractivity contribution in [3.05, 3.63) is 22.8 Å². The van der Waals surface area contributed by atoms with Crippen molar-refractivity contribution in [2.75, 3.05) is 20.2 Å². The SMILES string of the molecule is CCNCCc1c(C)nc(C(C)(CC)OC)nc1C. The van der Waals surface area contributed by atoms with Crippen LogP contribution in [0.3, 0.4) is 0 Å². The average Bonchev–Trinajstić information content (AvgIpc) is 2.40. The normalized spacial score (nSPS) is 14.4. The summed E-state index contributed by atoms with van der Waals surface area (Å²) in [6, 6.07) is 0. The Hall–Kier alpha value is -1.00. The number of hydrogen-bond acceptors (Lipinski definition) is 4. The lowest BCUT2D eigenvalue weighted by molar-refractivity contribution is -0.00928. The van der Waals surface area contributed by atoms with Gasteiger partial charge in [0, 0.05) is 18.5 Å². The summed E-state index contributed by atoms with van der Waals surface area (Å²) in [6.07, 6.45) is 1.83. The molecule has 0 aliphatic carbocycles. The maximum atomic E-state index is 5.58. The van der Waals surface area contributed by atoms with E-state index in [0.717, 1.165) is 43.1 Å². The predicted molar refractivity (Wildman–Crippen MR) is 78.4 cm³/mol. The van der Waals surface area contributed by atoms with Gasteiger partial charge >= 0.3 is 0 Å². The Kier molecular flexibility index (Phi) is 5.88. The molecule has 0 saturated carbocycles. The van der Waals surface area contributed by atoms with Crippen molar-refractivity contribution in [3.63, 3.8) is 0 Å². The molecule has 4 nitrogen and oxygen atoms in total. The lowest BCUT2D eigenvalue weighted by Crippen LogP contribution is -2.28. The molecule has 0 amide bonds. The van der Waals surface area contributed by atoms with E-state index in [-0.39, 0.29) is 0 Å². The Bertz CT molecular complexity index is 391. The predicted octanol–water partition coefficient (Wildman–Crippen LogP) is 2.52. The van der Waals surface area contributed by atoms with Crippen LogP contribution in [0.25, 0.3) is 0 Å². The monoisotopic (exact) mass is 265 g/mol. The van der Waals surface area contributed by atoms with Gasteiger partial charge in [0.1, 0.15) is 5.60 Å². The van der Waals surface area contributed by atoms with Gasteiger partial charge < -0.3 is 10.1 Å². The van der Waals surface area contributed by atoms with Crippen LogP contribution in [0, 0.1) is 13.8 Å². The van der Waals surface area contributed by atoms with E-state index in [1.165, 1.54) is 5.56 Å². The van der Waals surface area contributed by atoms with E-state index in [2.05, 4.69) is 43.0 Å². The fourth-order valence-electron chi connectivity index (χ4n) is 2.12. The van der Waals surface area contributed by atoms with E-state index in [1.807, 2.05) is 6.92 Å². The van der Waals surface area contributed by atoms with Gasteiger partial charge in [-0.15, -0.1) is 0 Å². The van der Waals surface area contributed by atoms with E-state index in [1.54, 1.807) is 7.11 Å². The molecule has 0 aliphatic heterocycles. The number of aromatic nitrogens is 2. The van der Waals surface area contributed by atoms with Crippen LogP contribution in [-0.2, 0) is 16.8 Å². The third-order valence-electron chi connectivity index (χ3n) is 3.82. The molecule has 0 radical (unpaired) electrons. The van der Waals surface area contributed by atoms with Crippen molar-refractivity contribution in [2.24, 2.45) is 0 Å². The van der Waals surface area contributed by atoms with E-state index < -0.39 is 5.60 Å². The number of methoxy groups -OCH3 is 1. The van der Waals surface area contributed by atoms with Gasteiger partial charge in [0.2, 0.25) is 0 Å². The highest BCUT2D eigenvalue weighted by molar-refractivity contribution is 5.26. The first-order valence-electron chi connectivity index (χ1n) is 7.09. The molecule has 1 heterocycles. The zero-order chi connectivity index (χ0) is 14.5. The maximum Gasteiger partial charge on any atom is 0.160 e. The molecular weight excluding hydrogens is 238 g/mol. The van der Waals surface area contributed by atoms with Crippen LogP contribution < -0.4 is 5.32 Å². The minimum Gasteiger partial charge on any atom is -0.371 e. The molecule has 1 aromatic rings. The van der Waals surface area contributed by atoms with Crippen molar-refractivity contribution in [1.82, 2.24) is 15.3 Å². The van der Waals surface area contributed by atoms with Gasteiger partial charge in [0.15, 0.2) is 5.82 Å². The Labute approximate surface area is 117 Å². The van der Waals surface area contributed by atoms with Crippen LogP contribution in [0.1, 0.15) is 50.0 Å². The average molecular weight is 265 g/mol. The molecule has 1 N–H and O–H groups in total. The van der Waals surface area contributed by atoms with E-state index in [4.69, 9.17) is 4.74 Å². The number of nitrogens with one attached hydrogen (secondary N) is 1. The highest BCUT2D eigenvalue weighted by Crippen LogP contribution is 2.26. The number of rotatable bonds is 7. The fraction of sp³-hybridized carbons (Fsp3) is 0.733. The lowest BCUT2D eigenvalue weighted by Gasteiger charge is -2.26. The van der Waals surface area contributed by atoms with Crippen LogP contribution >= 0.6 is 0 Å². The van der Waals surface area contributed by atoms with Gasteiger partial charge in [-0.25, -0.2) is 9.97 Å². The fourth-order valence-corrected chi connectivity index (χ4v) is 2.12. The molecule has 19 heavy (non-hydrogen) atoms.